The van der Waals surface area contributed by atoms with Gasteiger partial charge >= 0.3 is 0 Å². The molecule has 0 aromatic heterocycles. The van der Waals surface area contributed by atoms with Gasteiger partial charge in [0.05, 0.1) is 17.7 Å². The van der Waals surface area contributed by atoms with Crippen LogP contribution in [-0.2, 0) is 32.6 Å². The molecule has 0 saturated carbocycles. The van der Waals surface area contributed by atoms with Gasteiger partial charge in [-0.15, -0.1) is 0 Å². The number of benzene rings is 4. The molecule has 1 atom stereocenters. The molecule has 0 saturated heterocycles. The van der Waals surface area contributed by atoms with Gasteiger partial charge in [0.2, 0.25) is 11.8 Å². The van der Waals surface area contributed by atoms with Crippen LogP contribution in [0.4, 0.5) is 5.69 Å². The average molecular weight is 614 g/mol. The highest BCUT2D eigenvalue weighted by Gasteiger charge is 2.34. The summed E-state index contributed by atoms with van der Waals surface area (Å²) in [5.74, 6) is -0.279. The minimum absolute atomic E-state index is 0.0482. The number of carbonyl (C=O) groups excluding carboxylic acids is 2. The molecule has 0 unspecified atom stereocenters. The first-order valence-electron chi connectivity index (χ1n) is 14.5. The third-order valence-electron chi connectivity index (χ3n) is 7.15. The largest absolute Gasteiger partial charge is 0.497 e. The third kappa shape index (κ3) is 8.26. The number of nitrogens with zero attached hydrogens (tertiary/aromatic N) is 2. The van der Waals surface area contributed by atoms with Gasteiger partial charge in [0.1, 0.15) is 18.3 Å². The SMILES string of the molecule is COc1ccc(N(CC(=O)N(Cc2ccc(C)cc2)[C@@H](Cc2ccccc2)C(=O)NC(C)C)S(=O)(=O)c2ccccc2)cc1. The van der Waals surface area contributed by atoms with Crippen molar-refractivity contribution in [2.45, 2.75) is 50.7 Å². The predicted molar refractivity (Wildman–Crippen MR) is 173 cm³/mol. The number of amides is 2. The number of ether oxygens (including phenoxy) is 1. The van der Waals surface area contributed by atoms with Gasteiger partial charge in [0.25, 0.3) is 10.0 Å². The van der Waals surface area contributed by atoms with Crippen molar-refractivity contribution in [1.29, 1.82) is 0 Å². The van der Waals surface area contributed by atoms with Crippen molar-refractivity contribution < 1.29 is 22.7 Å². The number of hydrogen-bond donors (Lipinski definition) is 1. The van der Waals surface area contributed by atoms with E-state index in [1.165, 1.54) is 24.1 Å². The molecule has 0 aliphatic rings. The standard InChI is InChI=1S/C35H39N3O5S/c1-26(2)36-35(40)33(23-28-11-7-5-8-12-28)37(24-29-17-15-27(3)16-18-29)34(39)25-38(30-19-21-31(43-4)22-20-30)44(41,42)32-13-9-6-10-14-32/h5-22,26,33H,23-25H2,1-4H3,(H,36,40)/t33-/m0/s1. The van der Waals surface area contributed by atoms with Gasteiger partial charge < -0.3 is 15.0 Å². The van der Waals surface area contributed by atoms with E-state index in [0.29, 0.717) is 11.4 Å². The van der Waals surface area contributed by atoms with E-state index in [1.54, 1.807) is 42.5 Å². The number of methoxy groups -OCH3 is 1. The zero-order valence-electron chi connectivity index (χ0n) is 25.5. The van der Waals surface area contributed by atoms with Gasteiger partial charge in [0.15, 0.2) is 0 Å². The first-order chi connectivity index (χ1) is 21.1. The maximum absolute atomic E-state index is 14.4. The molecule has 230 valence electrons. The summed E-state index contributed by atoms with van der Waals surface area (Å²) in [6.07, 6.45) is 0.255. The Morgan fingerprint density at radius 3 is 1.95 bits per heavy atom. The number of sulfonamides is 1. The van der Waals surface area contributed by atoms with E-state index in [-0.39, 0.29) is 29.8 Å². The normalized spacial score (nSPS) is 11.9. The second-order valence-corrected chi connectivity index (χ2v) is 12.8. The van der Waals surface area contributed by atoms with Crippen molar-refractivity contribution in [3.8, 4) is 5.75 Å². The van der Waals surface area contributed by atoms with E-state index in [0.717, 1.165) is 21.0 Å². The summed E-state index contributed by atoms with van der Waals surface area (Å²) in [7, 11) is -2.64. The van der Waals surface area contributed by atoms with Crippen LogP contribution >= 0.6 is 0 Å². The lowest BCUT2D eigenvalue weighted by atomic mass is 10.0. The van der Waals surface area contributed by atoms with E-state index < -0.39 is 28.5 Å². The lowest BCUT2D eigenvalue weighted by molar-refractivity contribution is -0.140. The fourth-order valence-corrected chi connectivity index (χ4v) is 6.26. The molecule has 1 N–H and O–H groups in total. The van der Waals surface area contributed by atoms with Gasteiger partial charge in [-0.05, 0) is 68.3 Å². The van der Waals surface area contributed by atoms with Gasteiger partial charge in [-0.25, -0.2) is 8.42 Å². The molecular weight excluding hydrogens is 574 g/mol. The van der Waals surface area contributed by atoms with Gasteiger partial charge in [-0.3, -0.25) is 13.9 Å². The number of aryl methyl sites for hydroxylation is 1. The smallest absolute Gasteiger partial charge is 0.264 e. The lowest BCUT2D eigenvalue weighted by Crippen LogP contribution is -2.54. The molecule has 4 rings (SSSR count). The summed E-state index contributed by atoms with van der Waals surface area (Å²) in [4.78, 5) is 29.7. The topological polar surface area (TPSA) is 96.0 Å². The molecule has 4 aromatic carbocycles. The summed E-state index contributed by atoms with van der Waals surface area (Å²) >= 11 is 0. The van der Waals surface area contributed by atoms with Crippen LogP contribution in [0.25, 0.3) is 0 Å². The van der Waals surface area contributed by atoms with Crippen molar-refractivity contribution in [2.75, 3.05) is 18.0 Å². The van der Waals surface area contributed by atoms with E-state index in [2.05, 4.69) is 5.32 Å². The average Bonchev–Trinajstić information content (AvgIpc) is 3.03. The summed E-state index contributed by atoms with van der Waals surface area (Å²) in [6.45, 7) is 5.30. The van der Waals surface area contributed by atoms with Crippen LogP contribution in [-0.4, -0.2) is 50.9 Å². The molecule has 0 radical (unpaired) electrons. The van der Waals surface area contributed by atoms with Crippen molar-refractivity contribution >= 4 is 27.5 Å². The fourth-order valence-electron chi connectivity index (χ4n) is 4.82. The third-order valence-corrected chi connectivity index (χ3v) is 8.93. The number of hydrogen-bond acceptors (Lipinski definition) is 5. The van der Waals surface area contributed by atoms with Crippen molar-refractivity contribution in [2.24, 2.45) is 0 Å². The van der Waals surface area contributed by atoms with E-state index in [4.69, 9.17) is 4.74 Å². The summed E-state index contributed by atoms with van der Waals surface area (Å²) in [6, 6.07) is 30.6. The molecule has 4 aromatic rings. The number of anilines is 1. The Bertz CT molecular complexity index is 1630. The van der Waals surface area contributed by atoms with Crippen molar-refractivity contribution in [1.82, 2.24) is 10.2 Å². The Balaban J connectivity index is 1.79. The fraction of sp³-hybridized carbons (Fsp3) is 0.257. The molecule has 8 nitrogen and oxygen atoms in total. The van der Waals surface area contributed by atoms with Crippen LogP contribution in [0.3, 0.4) is 0 Å². The maximum atomic E-state index is 14.4. The molecular formula is C35H39N3O5S. The zero-order valence-corrected chi connectivity index (χ0v) is 26.3. The second-order valence-electron chi connectivity index (χ2n) is 10.9. The zero-order chi connectivity index (χ0) is 31.7. The van der Waals surface area contributed by atoms with Gasteiger partial charge in [-0.2, -0.15) is 0 Å². The number of nitrogens with one attached hydrogen (secondary N) is 1. The van der Waals surface area contributed by atoms with Crippen LogP contribution in [0.5, 0.6) is 5.75 Å². The van der Waals surface area contributed by atoms with E-state index in [9.17, 15) is 18.0 Å². The molecule has 0 heterocycles. The molecule has 2 amide bonds. The lowest BCUT2D eigenvalue weighted by Gasteiger charge is -2.34. The molecule has 0 spiro atoms. The Kier molecular flexibility index (Phi) is 10.8. The van der Waals surface area contributed by atoms with Crippen molar-refractivity contribution in [3.05, 3.63) is 126 Å². The van der Waals surface area contributed by atoms with Gasteiger partial charge in [0, 0.05) is 19.0 Å². The molecule has 9 heteroatoms. The Labute approximate surface area is 260 Å². The molecule has 44 heavy (non-hydrogen) atoms. The summed E-state index contributed by atoms with van der Waals surface area (Å²) in [5.41, 5.74) is 3.05. The first-order valence-corrected chi connectivity index (χ1v) is 15.9. The molecule has 0 fully saturated rings. The Morgan fingerprint density at radius 2 is 1.39 bits per heavy atom. The van der Waals surface area contributed by atoms with Crippen LogP contribution in [0, 0.1) is 6.92 Å². The number of rotatable bonds is 13. The van der Waals surface area contributed by atoms with E-state index in [1.807, 2.05) is 75.4 Å². The van der Waals surface area contributed by atoms with Crippen LogP contribution < -0.4 is 14.4 Å². The maximum Gasteiger partial charge on any atom is 0.264 e. The quantitative estimate of drug-likeness (QED) is 0.219. The summed E-state index contributed by atoms with van der Waals surface area (Å²) < 4.78 is 34.4. The van der Waals surface area contributed by atoms with Crippen LogP contribution in [0.15, 0.2) is 114 Å². The summed E-state index contributed by atoms with van der Waals surface area (Å²) in [5, 5.41) is 2.97. The highest BCUT2D eigenvalue weighted by molar-refractivity contribution is 7.92. The van der Waals surface area contributed by atoms with Crippen LogP contribution in [0.2, 0.25) is 0 Å². The second kappa shape index (κ2) is 14.7. The van der Waals surface area contributed by atoms with E-state index >= 15 is 0 Å². The predicted octanol–water partition coefficient (Wildman–Crippen LogP) is 5.36. The molecule has 0 aliphatic carbocycles. The Morgan fingerprint density at radius 1 is 0.795 bits per heavy atom. The van der Waals surface area contributed by atoms with Gasteiger partial charge in [-0.1, -0.05) is 78.4 Å². The monoisotopic (exact) mass is 613 g/mol. The molecule has 0 aliphatic heterocycles. The van der Waals surface area contributed by atoms with Crippen molar-refractivity contribution in [3.63, 3.8) is 0 Å². The highest BCUT2D eigenvalue weighted by atomic mass is 32.2. The highest BCUT2D eigenvalue weighted by Crippen LogP contribution is 2.27. The first kappa shape index (κ1) is 32.3. The number of carbonyl (C=O) groups is 2. The Hall–Kier alpha value is -4.63. The minimum Gasteiger partial charge on any atom is -0.497 e. The molecule has 0 bridgehead atoms. The minimum atomic E-state index is -4.16. The van der Waals surface area contributed by atoms with Crippen LogP contribution in [0.1, 0.15) is 30.5 Å².